The molecule has 164 valence electrons. The third kappa shape index (κ3) is 3.75. The molecule has 3 heterocycles. The molecule has 0 atom stereocenters. The van der Waals surface area contributed by atoms with Crippen LogP contribution in [0.5, 0.6) is 0 Å². The summed E-state index contributed by atoms with van der Waals surface area (Å²) in [5.74, 6) is 0.524. The number of carbonyl (C=O) groups excluding carboxylic acids is 1. The summed E-state index contributed by atoms with van der Waals surface area (Å²) in [6, 6.07) is 6.09. The Labute approximate surface area is 186 Å². The summed E-state index contributed by atoms with van der Waals surface area (Å²) >= 11 is 0. The molecule has 0 N–H and O–H groups in total. The van der Waals surface area contributed by atoms with Crippen molar-refractivity contribution in [3.05, 3.63) is 48.2 Å². The van der Waals surface area contributed by atoms with Crippen LogP contribution in [0.15, 0.2) is 46.9 Å². The van der Waals surface area contributed by atoms with Crippen molar-refractivity contribution in [1.82, 2.24) is 29.7 Å². The van der Waals surface area contributed by atoms with Crippen LogP contribution in [0.1, 0.15) is 25.2 Å². The lowest BCUT2D eigenvalue weighted by atomic mass is 10.1. The summed E-state index contributed by atoms with van der Waals surface area (Å²) in [7, 11) is 3.35. The van der Waals surface area contributed by atoms with Gasteiger partial charge in [0.05, 0.1) is 11.9 Å². The fourth-order valence-electron chi connectivity index (χ4n) is 3.48. The number of fused-ring (bicyclic) bond motifs is 1. The quantitative estimate of drug-likeness (QED) is 0.593. The zero-order chi connectivity index (χ0) is 22.8. The van der Waals surface area contributed by atoms with Crippen LogP contribution >= 0.6 is 0 Å². The fraction of sp³-hybridized carbons (Fsp3) is 0.318. The van der Waals surface area contributed by atoms with Gasteiger partial charge in [0, 0.05) is 45.3 Å². The Balaban J connectivity index is 1.82. The van der Waals surface area contributed by atoms with Crippen molar-refractivity contribution in [2.24, 2.45) is 10.1 Å². The van der Waals surface area contributed by atoms with Crippen LogP contribution < -0.4 is 4.90 Å². The molecule has 2 aromatic heterocycles. The number of anilines is 1. The minimum Gasteiger partial charge on any atom is -0.372 e. The summed E-state index contributed by atoms with van der Waals surface area (Å²) < 4.78 is 1.50. The molecule has 1 aliphatic heterocycles. The number of aliphatic imine (C=N–C) groups is 1. The van der Waals surface area contributed by atoms with Gasteiger partial charge >= 0.3 is 0 Å². The van der Waals surface area contributed by atoms with Gasteiger partial charge in [-0.15, -0.1) is 10.2 Å². The number of hydrogen-bond acceptors (Lipinski definition) is 8. The molecule has 32 heavy (non-hydrogen) atoms. The molecule has 0 fully saturated rings. The number of aromatic nitrogens is 5. The normalized spacial score (nSPS) is 13.8. The molecule has 1 aliphatic rings. The second-order valence-electron chi connectivity index (χ2n) is 7.50. The first-order valence-electron chi connectivity index (χ1n) is 10.4. The third-order valence-electron chi connectivity index (χ3n) is 5.22. The maximum atomic E-state index is 12.9. The molecule has 0 radical (unpaired) electrons. The average Bonchev–Trinajstić information content (AvgIpc) is 3.36. The van der Waals surface area contributed by atoms with Gasteiger partial charge < -0.3 is 9.80 Å². The van der Waals surface area contributed by atoms with Crippen LogP contribution in [0, 0.1) is 6.92 Å². The highest BCUT2D eigenvalue weighted by Crippen LogP contribution is 2.28. The summed E-state index contributed by atoms with van der Waals surface area (Å²) in [5.41, 5.74) is 3.96. The van der Waals surface area contributed by atoms with E-state index in [4.69, 9.17) is 4.99 Å². The number of benzene rings is 1. The lowest BCUT2D eigenvalue weighted by molar-refractivity contribution is -0.121. The zero-order valence-corrected chi connectivity index (χ0v) is 18.8. The van der Waals surface area contributed by atoms with Crippen LogP contribution in [-0.2, 0) is 4.79 Å². The van der Waals surface area contributed by atoms with Crippen molar-refractivity contribution in [2.75, 3.05) is 32.1 Å². The monoisotopic (exact) mass is 431 g/mol. The van der Waals surface area contributed by atoms with Gasteiger partial charge in [-0.2, -0.15) is 9.78 Å². The molecule has 1 amide bonds. The number of hydrogen-bond donors (Lipinski definition) is 0. The van der Waals surface area contributed by atoms with Crippen molar-refractivity contribution in [3.8, 4) is 11.5 Å². The first-order valence-corrected chi connectivity index (χ1v) is 10.4. The average molecular weight is 432 g/mol. The number of nitrogens with zero attached hydrogens (tertiary/aromatic N) is 9. The molecule has 0 unspecified atom stereocenters. The van der Waals surface area contributed by atoms with Gasteiger partial charge in [-0.1, -0.05) is 0 Å². The van der Waals surface area contributed by atoms with Gasteiger partial charge in [-0.05, 0) is 44.5 Å². The Bertz CT molecular complexity index is 1210. The second-order valence-corrected chi connectivity index (χ2v) is 7.50. The van der Waals surface area contributed by atoms with E-state index in [2.05, 4.69) is 50.1 Å². The van der Waals surface area contributed by atoms with Gasteiger partial charge in [-0.3, -0.25) is 9.78 Å². The van der Waals surface area contributed by atoms with E-state index in [0.29, 0.717) is 23.1 Å². The van der Waals surface area contributed by atoms with E-state index >= 15 is 0 Å². The van der Waals surface area contributed by atoms with Crippen molar-refractivity contribution in [1.29, 1.82) is 0 Å². The largest absolute Gasteiger partial charge is 0.372 e. The summed E-state index contributed by atoms with van der Waals surface area (Å²) in [6.45, 7) is 8.10. The Morgan fingerprint density at radius 2 is 1.84 bits per heavy atom. The highest BCUT2D eigenvalue weighted by molar-refractivity contribution is 6.70. The SMILES string of the molecule is CCN(CC)c1ccc(/N=C2/C(C(=O)N(C)C)=Nn3c2nnc3-c2cnccn2)c(C)c1. The van der Waals surface area contributed by atoms with E-state index in [-0.39, 0.29) is 11.6 Å². The van der Waals surface area contributed by atoms with Crippen LogP contribution in [0.3, 0.4) is 0 Å². The van der Waals surface area contributed by atoms with E-state index in [1.165, 1.54) is 9.58 Å². The van der Waals surface area contributed by atoms with Crippen molar-refractivity contribution in [3.63, 3.8) is 0 Å². The van der Waals surface area contributed by atoms with Gasteiger partial charge in [0.15, 0.2) is 5.71 Å². The highest BCUT2D eigenvalue weighted by Gasteiger charge is 2.34. The molecular formula is C22H25N9O. The van der Waals surface area contributed by atoms with Crippen LogP contribution in [0.2, 0.25) is 0 Å². The molecule has 0 aliphatic carbocycles. The maximum absolute atomic E-state index is 12.9. The lowest BCUT2D eigenvalue weighted by Gasteiger charge is -2.21. The molecule has 0 spiro atoms. The van der Waals surface area contributed by atoms with Gasteiger partial charge in [0.25, 0.3) is 5.91 Å². The molecule has 0 bridgehead atoms. The van der Waals surface area contributed by atoms with E-state index in [1.54, 1.807) is 32.7 Å². The minimum absolute atomic E-state index is 0.206. The van der Waals surface area contributed by atoms with Gasteiger partial charge in [0.1, 0.15) is 11.4 Å². The van der Waals surface area contributed by atoms with E-state index < -0.39 is 0 Å². The number of rotatable bonds is 6. The number of amides is 1. The van der Waals surface area contributed by atoms with Gasteiger partial charge in [0.2, 0.25) is 11.6 Å². The Hall–Kier alpha value is -3.95. The van der Waals surface area contributed by atoms with Crippen LogP contribution in [0.25, 0.3) is 11.5 Å². The minimum atomic E-state index is -0.267. The summed E-state index contributed by atoms with van der Waals surface area (Å²) in [5, 5.41) is 13.0. The highest BCUT2D eigenvalue weighted by atomic mass is 16.2. The fourth-order valence-corrected chi connectivity index (χ4v) is 3.48. The van der Waals surface area contributed by atoms with E-state index in [9.17, 15) is 4.79 Å². The molecule has 3 aromatic rings. The predicted octanol–water partition coefficient (Wildman–Crippen LogP) is 2.32. The summed E-state index contributed by atoms with van der Waals surface area (Å²) in [4.78, 5) is 29.8. The Morgan fingerprint density at radius 1 is 1.09 bits per heavy atom. The molecule has 0 saturated carbocycles. The van der Waals surface area contributed by atoms with Crippen LogP contribution in [0.4, 0.5) is 11.4 Å². The third-order valence-corrected chi connectivity index (χ3v) is 5.22. The molecule has 10 nitrogen and oxygen atoms in total. The predicted molar refractivity (Wildman–Crippen MR) is 124 cm³/mol. The smallest absolute Gasteiger partial charge is 0.276 e. The number of aryl methyl sites for hydroxylation is 1. The number of carbonyl (C=O) groups is 1. The Morgan fingerprint density at radius 3 is 2.47 bits per heavy atom. The molecule has 1 aromatic carbocycles. The van der Waals surface area contributed by atoms with E-state index in [1.807, 2.05) is 19.1 Å². The standard InChI is InChI=1S/C22H25N9O/c1-6-30(7-2)15-8-9-16(14(3)12-15)25-18-19(22(32)29(4)5)28-31-20(26-27-21(18)31)17-13-23-10-11-24-17/h8-13H,6-7H2,1-5H3/b25-18-. The van der Waals surface area contributed by atoms with Crippen molar-refractivity contribution in [2.45, 2.75) is 20.8 Å². The van der Waals surface area contributed by atoms with Crippen molar-refractivity contribution >= 4 is 28.7 Å². The first-order chi connectivity index (χ1) is 15.4. The van der Waals surface area contributed by atoms with Crippen molar-refractivity contribution < 1.29 is 4.79 Å². The van der Waals surface area contributed by atoms with Gasteiger partial charge in [-0.25, -0.2) is 9.98 Å². The topological polar surface area (TPSA) is 105 Å². The molecule has 4 rings (SSSR count). The molecule has 10 heteroatoms. The van der Waals surface area contributed by atoms with Crippen LogP contribution in [-0.4, -0.2) is 74.3 Å². The zero-order valence-electron chi connectivity index (χ0n) is 18.8. The first kappa shape index (κ1) is 21.3. The molecule has 0 saturated heterocycles. The Kier molecular flexibility index (Phi) is 5.76. The van der Waals surface area contributed by atoms with E-state index in [0.717, 1.165) is 30.0 Å². The summed E-state index contributed by atoms with van der Waals surface area (Å²) in [6.07, 6.45) is 4.72. The lowest BCUT2D eigenvalue weighted by Crippen LogP contribution is -2.34. The second kappa shape index (κ2) is 8.66. The molecular weight excluding hydrogens is 406 g/mol. The maximum Gasteiger partial charge on any atom is 0.276 e.